The molecule has 0 aliphatic carbocycles. The van der Waals surface area contributed by atoms with Crippen molar-refractivity contribution in [3.05, 3.63) is 108 Å². The first-order valence-electron chi connectivity index (χ1n) is 11.8. The Morgan fingerprint density at radius 3 is 1.63 bits per heavy atom. The number of hydrogen-bond acceptors (Lipinski definition) is 4. The van der Waals surface area contributed by atoms with Crippen molar-refractivity contribution in [3.63, 3.8) is 0 Å². The van der Waals surface area contributed by atoms with E-state index in [1.54, 1.807) is 13.8 Å². The summed E-state index contributed by atoms with van der Waals surface area (Å²) in [5, 5.41) is 2.79. The zero-order valence-electron chi connectivity index (χ0n) is 20.1. The zero-order valence-corrected chi connectivity index (χ0v) is 20.1. The zero-order chi connectivity index (χ0) is 25.3. The van der Waals surface area contributed by atoms with E-state index in [0.717, 1.165) is 16.7 Å². The van der Waals surface area contributed by atoms with Crippen LogP contribution < -0.4 is 11.1 Å². The predicted octanol–water partition coefficient (Wildman–Crippen LogP) is 3.97. The van der Waals surface area contributed by atoms with Crippen LogP contribution in [0.2, 0.25) is 0 Å². The van der Waals surface area contributed by atoms with Crippen LogP contribution in [0.3, 0.4) is 0 Å². The fourth-order valence-corrected chi connectivity index (χ4v) is 4.44. The van der Waals surface area contributed by atoms with E-state index in [9.17, 15) is 14.4 Å². The summed E-state index contributed by atoms with van der Waals surface area (Å²) in [7, 11) is 0. The third kappa shape index (κ3) is 6.15. The van der Waals surface area contributed by atoms with Gasteiger partial charge in [-0.15, -0.1) is 0 Å². The number of ether oxygens (including phenoxy) is 1. The number of carbonyl (C=O) groups is 3. The summed E-state index contributed by atoms with van der Waals surface area (Å²) < 4.78 is 5.04. The maximum Gasteiger partial charge on any atom is 0.308 e. The van der Waals surface area contributed by atoms with E-state index in [1.807, 2.05) is 91.0 Å². The van der Waals surface area contributed by atoms with Crippen LogP contribution in [0.15, 0.2) is 91.0 Å². The summed E-state index contributed by atoms with van der Waals surface area (Å²) in [6.07, 6.45) is 0.109. The number of nitrogens with two attached hydrogens (primary N) is 1. The first-order valence-corrected chi connectivity index (χ1v) is 11.8. The molecule has 0 radical (unpaired) electrons. The van der Waals surface area contributed by atoms with E-state index in [1.165, 1.54) is 0 Å². The van der Waals surface area contributed by atoms with Gasteiger partial charge in [-0.05, 0) is 30.0 Å². The molecule has 0 fully saturated rings. The van der Waals surface area contributed by atoms with Gasteiger partial charge in [-0.1, -0.05) is 97.9 Å². The second-order valence-electron chi connectivity index (χ2n) is 8.59. The van der Waals surface area contributed by atoms with Crippen molar-refractivity contribution in [1.29, 1.82) is 0 Å². The van der Waals surface area contributed by atoms with E-state index >= 15 is 0 Å². The third-order valence-corrected chi connectivity index (χ3v) is 6.18. The van der Waals surface area contributed by atoms with Gasteiger partial charge in [0.25, 0.3) is 0 Å². The number of nitrogens with one attached hydrogen (secondary N) is 1. The Morgan fingerprint density at radius 1 is 0.829 bits per heavy atom. The first-order chi connectivity index (χ1) is 16.9. The molecule has 0 saturated carbocycles. The second-order valence-corrected chi connectivity index (χ2v) is 8.59. The van der Waals surface area contributed by atoms with Crippen molar-refractivity contribution in [2.24, 2.45) is 11.7 Å². The normalized spacial score (nSPS) is 12.9. The first kappa shape index (κ1) is 25.7. The summed E-state index contributed by atoms with van der Waals surface area (Å²) in [6.45, 7) is 3.61. The number of rotatable bonds is 11. The van der Waals surface area contributed by atoms with Crippen LogP contribution in [0.5, 0.6) is 0 Å². The highest BCUT2D eigenvalue weighted by Crippen LogP contribution is 2.42. The fourth-order valence-electron chi connectivity index (χ4n) is 4.44. The Labute approximate surface area is 206 Å². The van der Waals surface area contributed by atoms with Crippen LogP contribution in [0.1, 0.15) is 43.4 Å². The minimum absolute atomic E-state index is 0.0443. The van der Waals surface area contributed by atoms with Crippen LogP contribution in [-0.2, 0) is 24.5 Å². The molecular weight excluding hydrogens is 440 g/mol. The lowest BCUT2D eigenvalue weighted by atomic mass is 9.67. The second kappa shape index (κ2) is 12.0. The molecule has 182 valence electrons. The van der Waals surface area contributed by atoms with Gasteiger partial charge in [0.05, 0.1) is 17.9 Å². The Balaban J connectivity index is 2.00. The van der Waals surface area contributed by atoms with Crippen molar-refractivity contribution in [3.8, 4) is 0 Å². The van der Waals surface area contributed by atoms with Crippen molar-refractivity contribution in [2.45, 2.75) is 38.1 Å². The van der Waals surface area contributed by atoms with Gasteiger partial charge < -0.3 is 15.8 Å². The van der Waals surface area contributed by atoms with E-state index in [4.69, 9.17) is 10.5 Å². The molecular formula is C29H32N2O4. The summed E-state index contributed by atoms with van der Waals surface area (Å²) in [6, 6.07) is 28.5. The highest BCUT2D eigenvalue weighted by atomic mass is 16.5. The Bertz CT molecular complexity index is 1020. The molecule has 6 heteroatoms. The standard InChI is InChI=1S/C29H32N2O4/c1-3-35-28(34)21(2)19-25(27(30)33)31-26(32)20-29(22-13-7-4-8-14-22,23-15-9-5-10-16-23)24-17-11-6-12-18-24/h4-18,21,25H,3,19-20H2,1-2H3,(H2,30,33)(H,31,32)/t21-,25+/m1/s1. The van der Waals surface area contributed by atoms with Gasteiger partial charge in [0.15, 0.2) is 0 Å². The quantitative estimate of drug-likeness (QED) is 0.326. The topological polar surface area (TPSA) is 98.5 Å². The number of carbonyl (C=O) groups excluding carboxylic acids is 3. The monoisotopic (exact) mass is 472 g/mol. The van der Waals surface area contributed by atoms with E-state index in [-0.39, 0.29) is 25.4 Å². The molecule has 0 aliphatic heterocycles. The summed E-state index contributed by atoms with van der Waals surface area (Å²) in [4.78, 5) is 37.8. The van der Waals surface area contributed by atoms with Gasteiger partial charge >= 0.3 is 5.97 Å². The molecule has 2 atom stereocenters. The average Bonchev–Trinajstić information content (AvgIpc) is 2.88. The molecule has 0 aromatic heterocycles. The minimum Gasteiger partial charge on any atom is -0.466 e. The summed E-state index contributed by atoms with van der Waals surface area (Å²) in [5.74, 6) is -2.06. The molecule has 3 aromatic carbocycles. The van der Waals surface area contributed by atoms with Crippen LogP contribution >= 0.6 is 0 Å². The molecule has 3 N–H and O–H groups in total. The molecule has 35 heavy (non-hydrogen) atoms. The maximum atomic E-state index is 13.5. The van der Waals surface area contributed by atoms with Crippen molar-refractivity contribution in [2.75, 3.05) is 6.61 Å². The molecule has 2 amide bonds. The van der Waals surface area contributed by atoms with Gasteiger partial charge in [0.1, 0.15) is 6.04 Å². The molecule has 0 aliphatic rings. The number of esters is 1. The highest BCUT2D eigenvalue weighted by molar-refractivity contribution is 5.88. The number of amides is 2. The largest absolute Gasteiger partial charge is 0.466 e. The third-order valence-electron chi connectivity index (χ3n) is 6.18. The van der Waals surface area contributed by atoms with Crippen molar-refractivity contribution >= 4 is 17.8 Å². The number of primary amides is 1. The molecule has 0 spiro atoms. The van der Waals surface area contributed by atoms with Gasteiger partial charge in [-0.2, -0.15) is 0 Å². The van der Waals surface area contributed by atoms with E-state index < -0.39 is 29.3 Å². The van der Waals surface area contributed by atoms with Gasteiger partial charge in [-0.3, -0.25) is 14.4 Å². The molecule has 6 nitrogen and oxygen atoms in total. The van der Waals surface area contributed by atoms with E-state index in [0.29, 0.717) is 0 Å². The number of hydrogen-bond donors (Lipinski definition) is 2. The van der Waals surface area contributed by atoms with Crippen LogP contribution in [0, 0.1) is 5.92 Å². The van der Waals surface area contributed by atoms with Gasteiger partial charge in [0, 0.05) is 6.42 Å². The van der Waals surface area contributed by atoms with Gasteiger partial charge in [0.2, 0.25) is 11.8 Å². The van der Waals surface area contributed by atoms with Crippen molar-refractivity contribution in [1.82, 2.24) is 5.32 Å². The van der Waals surface area contributed by atoms with Gasteiger partial charge in [-0.25, -0.2) is 0 Å². The minimum atomic E-state index is -0.998. The van der Waals surface area contributed by atoms with Crippen LogP contribution in [0.4, 0.5) is 0 Å². The Kier molecular flexibility index (Phi) is 8.79. The molecule has 0 bridgehead atoms. The Morgan fingerprint density at radius 2 is 1.26 bits per heavy atom. The molecule has 0 heterocycles. The molecule has 3 rings (SSSR count). The molecule has 3 aromatic rings. The maximum absolute atomic E-state index is 13.5. The van der Waals surface area contributed by atoms with E-state index in [2.05, 4.69) is 5.32 Å². The van der Waals surface area contributed by atoms with Crippen LogP contribution in [-0.4, -0.2) is 30.4 Å². The molecule has 0 unspecified atom stereocenters. The van der Waals surface area contributed by atoms with Crippen molar-refractivity contribution < 1.29 is 19.1 Å². The smallest absolute Gasteiger partial charge is 0.308 e. The lowest BCUT2D eigenvalue weighted by Crippen LogP contribution is -2.48. The molecule has 0 saturated heterocycles. The lowest BCUT2D eigenvalue weighted by Gasteiger charge is -2.36. The summed E-state index contributed by atoms with van der Waals surface area (Å²) >= 11 is 0. The average molecular weight is 473 g/mol. The van der Waals surface area contributed by atoms with Crippen LogP contribution in [0.25, 0.3) is 0 Å². The Hall–Kier alpha value is -3.93. The highest BCUT2D eigenvalue weighted by Gasteiger charge is 2.39. The fraction of sp³-hybridized carbons (Fsp3) is 0.276. The predicted molar refractivity (Wildman–Crippen MR) is 135 cm³/mol. The summed E-state index contributed by atoms with van der Waals surface area (Å²) in [5.41, 5.74) is 7.64. The SMILES string of the molecule is CCOC(=O)[C@H](C)C[C@H](NC(=O)CC(c1ccccc1)(c1ccccc1)c1ccccc1)C(N)=O. The number of benzene rings is 3. The lowest BCUT2D eigenvalue weighted by molar-refractivity contribution is -0.148.